The van der Waals surface area contributed by atoms with Gasteiger partial charge in [-0.05, 0) is 48.5 Å². The number of esters is 1. The molecular formula is C16H28FNO9S. The first kappa shape index (κ1) is 24.5. The lowest BCUT2D eigenvalue weighted by molar-refractivity contribution is -0.165. The van der Waals surface area contributed by atoms with E-state index in [4.69, 9.17) is 14.0 Å². The van der Waals surface area contributed by atoms with Gasteiger partial charge in [0.25, 0.3) is 0 Å². The van der Waals surface area contributed by atoms with E-state index in [9.17, 15) is 18.0 Å². The number of ether oxygens (including phenoxy) is 3. The second-order valence-electron chi connectivity index (χ2n) is 7.92. The second kappa shape index (κ2) is 8.09. The Kier molecular flexibility index (Phi) is 7.09. The van der Waals surface area contributed by atoms with Crippen molar-refractivity contribution in [2.75, 3.05) is 13.2 Å². The topological polar surface area (TPSA) is 129 Å². The molecule has 1 rings (SSSR count). The number of hydrogen-bond acceptors (Lipinski definition) is 8. The van der Waals surface area contributed by atoms with Crippen LogP contribution in [0.5, 0.6) is 0 Å². The summed E-state index contributed by atoms with van der Waals surface area (Å²) in [6, 6.07) is -1.42. The van der Waals surface area contributed by atoms with Gasteiger partial charge in [-0.15, -0.1) is 0 Å². The Morgan fingerprint density at radius 3 is 2.29 bits per heavy atom. The monoisotopic (exact) mass is 429 g/mol. The van der Waals surface area contributed by atoms with Gasteiger partial charge in [0.05, 0.1) is 19.3 Å². The lowest BCUT2D eigenvalue weighted by Gasteiger charge is -2.39. The number of hydrogen-bond donors (Lipinski definition) is 1. The highest BCUT2D eigenvalue weighted by molar-refractivity contribution is 7.80. The second-order valence-corrected chi connectivity index (χ2v) is 8.96. The molecule has 0 bridgehead atoms. The van der Waals surface area contributed by atoms with Gasteiger partial charge in [-0.3, -0.25) is 9.45 Å². The van der Waals surface area contributed by atoms with Crippen LogP contribution >= 0.6 is 0 Å². The van der Waals surface area contributed by atoms with E-state index >= 15 is 4.39 Å². The summed E-state index contributed by atoms with van der Waals surface area (Å²) in [6.07, 6.45) is -3.10. The van der Waals surface area contributed by atoms with Crippen LogP contribution in [0.3, 0.4) is 0 Å². The maximum absolute atomic E-state index is 15.3. The summed E-state index contributed by atoms with van der Waals surface area (Å²) in [5.74, 6) is -1.42. The Morgan fingerprint density at radius 1 is 1.32 bits per heavy atom. The minimum absolute atomic E-state index is 0.181. The van der Waals surface area contributed by atoms with Crippen molar-refractivity contribution in [1.82, 2.24) is 4.90 Å². The maximum Gasteiger partial charge on any atom is 0.412 e. The van der Waals surface area contributed by atoms with Crippen LogP contribution in [-0.4, -0.2) is 72.3 Å². The van der Waals surface area contributed by atoms with Gasteiger partial charge in [0.1, 0.15) is 17.4 Å². The van der Waals surface area contributed by atoms with Crippen molar-refractivity contribution in [3.63, 3.8) is 0 Å². The Morgan fingerprint density at radius 2 is 1.86 bits per heavy atom. The average molecular weight is 429 g/mol. The molecule has 0 aromatic rings. The summed E-state index contributed by atoms with van der Waals surface area (Å²) < 4.78 is 67.0. The first-order chi connectivity index (χ1) is 12.4. The van der Waals surface area contributed by atoms with E-state index in [-0.39, 0.29) is 13.2 Å². The van der Waals surface area contributed by atoms with E-state index in [0.717, 1.165) is 11.8 Å². The Balaban J connectivity index is 3.41. The number of alkyl halides is 1. The molecule has 1 N–H and O–H groups in total. The zero-order valence-corrected chi connectivity index (χ0v) is 17.8. The molecule has 1 aliphatic rings. The van der Waals surface area contributed by atoms with Crippen LogP contribution in [0, 0.1) is 0 Å². The third-order valence-corrected chi connectivity index (χ3v) is 4.34. The number of rotatable bonds is 6. The molecule has 0 radical (unpaired) electrons. The molecule has 0 aliphatic carbocycles. The molecule has 0 aromatic heterocycles. The van der Waals surface area contributed by atoms with Gasteiger partial charge in [-0.1, -0.05) is 0 Å². The van der Waals surface area contributed by atoms with Crippen molar-refractivity contribution in [1.29, 1.82) is 0 Å². The minimum atomic E-state index is -5.20. The van der Waals surface area contributed by atoms with Crippen LogP contribution in [0.25, 0.3) is 0 Å². The highest BCUT2D eigenvalue weighted by atomic mass is 32.3. The van der Waals surface area contributed by atoms with Gasteiger partial charge in [0.15, 0.2) is 0 Å². The maximum atomic E-state index is 15.3. The van der Waals surface area contributed by atoms with E-state index in [2.05, 4.69) is 8.92 Å². The summed E-state index contributed by atoms with van der Waals surface area (Å²) in [5, 5.41) is 0. The van der Waals surface area contributed by atoms with Crippen molar-refractivity contribution in [2.24, 2.45) is 0 Å². The number of carbonyl (C=O) groups is 2. The van der Waals surface area contributed by atoms with Crippen molar-refractivity contribution in [2.45, 2.75) is 77.6 Å². The smallest absolute Gasteiger partial charge is 0.412 e. The summed E-state index contributed by atoms with van der Waals surface area (Å²) in [7, 11) is -5.20. The van der Waals surface area contributed by atoms with Crippen molar-refractivity contribution < 1.29 is 45.3 Å². The molecule has 1 aliphatic heterocycles. The SMILES string of the molecule is CCOC(=O)[C@](C)(F)[C@H](OS(=O)(=O)O)[C@H]1COC(C)(C)N1C(=O)OC(C)(C)C. The summed E-state index contributed by atoms with van der Waals surface area (Å²) >= 11 is 0. The predicted octanol–water partition coefficient (Wildman–Crippen LogP) is 1.84. The van der Waals surface area contributed by atoms with Gasteiger partial charge < -0.3 is 14.2 Å². The van der Waals surface area contributed by atoms with Gasteiger partial charge in [-0.25, -0.2) is 18.2 Å². The van der Waals surface area contributed by atoms with E-state index in [1.165, 1.54) is 20.8 Å². The van der Waals surface area contributed by atoms with Crippen molar-refractivity contribution >= 4 is 22.5 Å². The molecule has 10 nitrogen and oxygen atoms in total. The molecule has 1 heterocycles. The standard InChI is InChI=1S/C16H28FNO9S/c1-8-24-12(19)16(7,17)11(27-28(21,22)23)10-9-25-15(5,6)18(10)13(20)26-14(2,3)4/h10-11H,8-9H2,1-7H3,(H,21,22,23)/t10-,11-,16-/m1/s1. The quantitative estimate of drug-likeness (QED) is 0.496. The van der Waals surface area contributed by atoms with Gasteiger partial charge in [-0.2, -0.15) is 8.42 Å². The van der Waals surface area contributed by atoms with Gasteiger partial charge in [0.2, 0.25) is 5.67 Å². The van der Waals surface area contributed by atoms with Crippen LogP contribution in [0.4, 0.5) is 9.18 Å². The van der Waals surface area contributed by atoms with Crippen LogP contribution in [0.15, 0.2) is 0 Å². The molecule has 0 spiro atoms. The Labute approximate surface area is 164 Å². The molecule has 0 saturated carbocycles. The van der Waals surface area contributed by atoms with Crippen molar-refractivity contribution in [3.8, 4) is 0 Å². The zero-order valence-electron chi connectivity index (χ0n) is 17.0. The lowest BCUT2D eigenvalue weighted by atomic mass is 9.94. The molecule has 1 saturated heterocycles. The van der Waals surface area contributed by atoms with Crippen molar-refractivity contribution in [3.05, 3.63) is 0 Å². The van der Waals surface area contributed by atoms with E-state index < -0.39 is 51.6 Å². The van der Waals surface area contributed by atoms with E-state index in [1.54, 1.807) is 20.8 Å². The van der Waals surface area contributed by atoms with Crippen LogP contribution in [-0.2, 0) is 33.6 Å². The third kappa shape index (κ3) is 6.00. The van der Waals surface area contributed by atoms with Crippen LogP contribution in [0.2, 0.25) is 0 Å². The summed E-state index contributed by atoms with van der Waals surface area (Å²) in [5.41, 5.74) is -5.29. The molecule has 1 amide bonds. The Hall–Kier alpha value is -1.50. The van der Waals surface area contributed by atoms with Gasteiger partial charge >= 0.3 is 22.5 Å². The molecule has 12 heteroatoms. The van der Waals surface area contributed by atoms with Gasteiger partial charge in [0, 0.05) is 0 Å². The highest BCUT2D eigenvalue weighted by Crippen LogP contribution is 2.37. The molecule has 0 aromatic carbocycles. The fourth-order valence-electron chi connectivity index (χ4n) is 2.76. The zero-order chi connectivity index (χ0) is 22.1. The summed E-state index contributed by atoms with van der Waals surface area (Å²) in [4.78, 5) is 25.7. The third-order valence-electron chi connectivity index (χ3n) is 3.89. The molecule has 164 valence electrons. The number of nitrogens with zero attached hydrogens (tertiary/aromatic N) is 1. The summed E-state index contributed by atoms with van der Waals surface area (Å²) in [6.45, 7) is 9.37. The molecule has 1 fully saturated rings. The molecule has 0 unspecified atom stereocenters. The number of halogens is 1. The lowest BCUT2D eigenvalue weighted by Crippen LogP contribution is -2.60. The first-order valence-corrected chi connectivity index (χ1v) is 9.97. The van der Waals surface area contributed by atoms with Crippen LogP contribution in [0.1, 0.15) is 48.5 Å². The number of amides is 1. The molecular weight excluding hydrogens is 401 g/mol. The molecule has 3 atom stereocenters. The molecule has 28 heavy (non-hydrogen) atoms. The normalized spacial score (nSPS) is 23.0. The van der Waals surface area contributed by atoms with E-state index in [1.807, 2.05) is 0 Å². The average Bonchev–Trinajstić information content (AvgIpc) is 2.77. The fourth-order valence-corrected chi connectivity index (χ4v) is 3.33. The largest absolute Gasteiger partial charge is 0.464 e. The highest BCUT2D eigenvalue weighted by Gasteiger charge is 2.58. The number of carbonyl (C=O) groups excluding carboxylic acids is 2. The predicted molar refractivity (Wildman–Crippen MR) is 94.5 cm³/mol. The first-order valence-electron chi connectivity index (χ1n) is 8.60. The Bertz CT molecular complexity index is 699. The van der Waals surface area contributed by atoms with Crippen LogP contribution < -0.4 is 0 Å². The fraction of sp³-hybridized carbons (Fsp3) is 0.875. The minimum Gasteiger partial charge on any atom is -0.464 e. The van der Waals surface area contributed by atoms with E-state index in [0.29, 0.717) is 0 Å².